The van der Waals surface area contributed by atoms with E-state index in [0.29, 0.717) is 0 Å². The van der Waals surface area contributed by atoms with Crippen LogP contribution in [0.25, 0.3) is 0 Å². The highest BCUT2D eigenvalue weighted by molar-refractivity contribution is 7.99. The number of furan rings is 1. The van der Waals surface area contributed by atoms with Gasteiger partial charge in [-0.15, -0.1) is 11.8 Å². The van der Waals surface area contributed by atoms with Crippen LogP contribution in [0.4, 0.5) is 11.4 Å². The minimum atomic E-state index is -0.219. The molecule has 1 aliphatic heterocycles. The number of benzene rings is 2. The van der Waals surface area contributed by atoms with Gasteiger partial charge in [0, 0.05) is 17.0 Å². The van der Waals surface area contributed by atoms with E-state index < -0.39 is 0 Å². The molecule has 1 aromatic heterocycles. The van der Waals surface area contributed by atoms with E-state index in [4.69, 9.17) is 4.42 Å². The molecule has 148 valence electrons. The Morgan fingerprint density at radius 3 is 2.76 bits per heavy atom. The summed E-state index contributed by atoms with van der Waals surface area (Å²) in [5.41, 5.74) is 3.66. The average Bonchev–Trinajstić information content (AvgIpc) is 3.20. The van der Waals surface area contributed by atoms with Crippen LogP contribution >= 0.6 is 11.8 Å². The van der Waals surface area contributed by atoms with E-state index in [2.05, 4.69) is 5.32 Å². The van der Waals surface area contributed by atoms with Crippen LogP contribution < -0.4 is 10.2 Å². The molecule has 0 saturated carbocycles. The first-order chi connectivity index (χ1) is 14.0. The molecule has 29 heavy (non-hydrogen) atoms. The van der Waals surface area contributed by atoms with Crippen LogP contribution in [0, 0.1) is 13.8 Å². The van der Waals surface area contributed by atoms with Crippen molar-refractivity contribution in [2.45, 2.75) is 30.4 Å². The number of thioether (sulfide) groups is 1. The standard InChI is InChI=1S/C23H22N2O3S/c1-15-7-5-8-17(16(15)2)24-22(26)14-25-18-9-3-4-11-20(18)29-21(13-23(25)27)19-10-6-12-28-19/h3-12,21H,13-14H2,1-2H3,(H,24,26). The Morgan fingerprint density at radius 2 is 1.97 bits per heavy atom. The van der Waals surface area contributed by atoms with E-state index in [-0.39, 0.29) is 30.0 Å². The van der Waals surface area contributed by atoms with Gasteiger partial charge < -0.3 is 14.6 Å². The van der Waals surface area contributed by atoms with Crippen LogP contribution in [0.2, 0.25) is 0 Å². The number of carbonyl (C=O) groups is 2. The summed E-state index contributed by atoms with van der Waals surface area (Å²) in [4.78, 5) is 28.4. The highest BCUT2D eigenvalue weighted by Crippen LogP contribution is 2.45. The van der Waals surface area contributed by atoms with Crippen molar-refractivity contribution < 1.29 is 14.0 Å². The molecule has 1 unspecified atom stereocenters. The van der Waals surface area contributed by atoms with Crippen molar-refractivity contribution in [1.29, 1.82) is 0 Å². The molecule has 0 spiro atoms. The first-order valence-corrected chi connectivity index (χ1v) is 10.4. The number of para-hydroxylation sites is 1. The van der Waals surface area contributed by atoms with Crippen molar-refractivity contribution in [1.82, 2.24) is 0 Å². The van der Waals surface area contributed by atoms with Crippen molar-refractivity contribution in [3.8, 4) is 0 Å². The Hall–Kier alpha value is -2.99. The van der Waals surface area contributed by atoms with Gasteiger partial charge in [0.05, 0.1) is 17.2 Å². The maximum absolute atomic E-state index is 13.1. The second kappa shape index (κ2) is 8.17. The van der Waals surface area contributed by atoms with Crippen molar-refractivity contribution in [2.75, 3.05) is 16.8 Å². The van der Waals surface area contributed by atoms with Gasteiger partial charge in [-0.2, -0.15) is 0 Å². The molecule has 4 rings (SSSR count). The van der Waals surface area contributed by atoms with Gasteiger partial charge >= 0.3 is 0 Å². The highest BCUT2D eigenvalue weighted by atomic mass is 32.2. The lowest BCUT2D eigenvalue weighted by Gasteiger charge is -2.22. The third kappa shape index (κ3) is 4.07. The molecule has 0 saturated heterocycles. The largest absolute Gasteiger partial charge is 0.468 e. The number of amides is 2. The lowest BCUT2D eigenvalue weighted by atomic mass is 10.1. The average molecular weight is 407 g/mol. The zero-order valence-electron chi connectivity index (χ0n) is 16.3. The molecule has 0 radical (unpaired) electrons. The molecule has 5 nitrogen and oxygen atoms in total. The summed E-state index contributed by atoms with van der Waals surface area (Å²) in [5.74, 6) is 0.447. The fourth-order valence-electron chi connectivity index (χ4n) is 3.40. The monoisotopic (exact) mass is 406 g/mol. The van der Waals surface area contributed by atoms with Crippen LogP contribution in [-0.4, -0.2) is 18.4 Å². The Bertz CT molecular complexity index is 1050. The number of anilines is 2. The van der Waals surface area contributed by atoms with Crippen LogP contribution in [0.3, 0.4) is 0 Å². The number of carbonyl (C=O) groups excluding carboxylic acids is 2. The van der Waals surface area contributed by atoms with E-state index in [1.54, 1.807) is 22.9 Å². The third-order valence-electron chi connectivity index (χ3n) is 5.13. The summed E-state index contributed by atoms with van der Waals surface area (Å²) in [6, 6.07) is 17.2. The van der Waals surface area contributed by atoms with Gasteiger partial charge in [-0.25, -0.2) is 0 Å². The maximum atomic E-state index is 13.1. The van der Waals surface area contributed by atoms with Crippen LogP contribution in [0.1, 0.15) is 28.6 Å². The highest BCUT2D eigenvalue weighted by Gasteiger charge is 2.31. The van der Waals surface area contributed by atoms with E-state index in [1.807, 2.05) is 68.4 Å². The molecular weight excluding hydrogens is 384 g/mol. The van der Waals surface area contributed by atoms with E-state index in [1.165, 1.54) is 0 Å². The lowest BCUT2D eigenvalue weighted by molar-refractivity contribution is -0.121. The summed E-state index contributed by atoms with van der Waals surface area (Å²) in [5, 5.41) is 2.83. The second-order valence-corrected chi connectivity index (χ2v) is 8.31. The van der Waals surface area contributed by atoms with E-state index >= 15 is 0 Å². The smallest absolute Gasteiger partial charge is 0.244 e. The summed E-state index contributed by atoms with van der Waals surface area (Å²) < 4.78 is 5.54. The first kappa shape index (κ1) is 19.3. The van der Waals surface area contributed by atoms with Gasteiger partial charge in [0.25, 0.3) is 0 Å². The number of rotatable bonds is 4. The van der Waals surface area contributed by atoms with E-state index in [9.17, 15) is 9.59 Å². The molecule has 0 fully saturated rings. The number of hydrogen-bond acceptors (Lipinski definition) is 4. The number of nitrogens with zero attached hydrogens (tertiary/aromatic N) is 1. The Balaban J connectivity index is 1.59. The van der Waals surface area contributed by atoms with Crippen LogP contribution in [0.5, 0.6) is 0 Å². The Kier molecular flexibility index (Phi) is 5.45. The molecule has 0 bridgehead atoms. The van der Waals surface area contributed by atoms with Crippen molar-refractivity contribution in [2.24, 2.45) is 0 Å². The molecule has 2 heterocycles. The van der Waals surface area contributed by atoms with Crippen molar-refractivity contribution in [3.63, 3.8) is 0 Å². The molecule has 0 aliphatic carbocycles. The van der Waals surface area contributed by atoms with Gasteiger partial charge in [-0.3, -0.25) is 9.59 Å². The first-order valence-electron chi connectivity index (χ1n) is 9.48. The quantitative estimate of drug-likeness (QED) is 0.654. The second-order valence-electron chi connectivity index (χ2n) is 7.07. The molecule has 2 amide bonds. The van der Waals surface area contributed by atoms with Gasteiger partial charge in [0.2, 0.25) is 11.8 Å². The normalized spacial score (nSPS) is 16.3. The Morgan fingerprint density at radius 1 is 1.14 bits per heavy atom. The van der Waals surface area contributed by atoms with E-state index in [0.717, 1.165) is 33.2 Å². The van der Waals surface area contributed by atoms with Crippen molar-refractivity contribution in [3.05, 3.63) is 77.7 Å². The van der Waals surface area contributed by atoms with Gasteiger partial charge in [-0.1, -0.05) is 24.3 Å². The van der Waals surface area contributed by atoms with Gasteiger partial charge in [0.15, 0.2) is 0 Å². The number of nitrogens with one attached hydrogen (secondary N) is 1. The summed E-state index contributed by atoms with van der Waals surface area (Å²) in [6.07, 6.45) is 1.89. The van der Waals surface area contributed by atoms with Gasteiger partial charge in [-0.05, 0) is 55.3 Å². The number of aryl methyl sites for hydroxylation is 1. The van der Waals surface area contributed by atoms with Crippen molar-refractivity contribution >= 4 is 35.0 Å². The zero-order valence-corrected chi connectivity index (χ0v) is 17.2. The molecule has 1 N–H and O–H groups in total. The third-order valence-corrected chi connectivity index (χ3v) is 6.41. The molecular formula is C23H22N2O3S. The Labute approximate surface area is 174 Å². The molecule has 6 heteroatoms. The predicted molar refractivity (Wildman–Crippen MR) is 115 cm³/mol. The molecule has 3 aromatic rings. The topological polar surface area (TPSA) is 62.6 Å². The molecule has 1 aliphatic rings. The SMILES string of the molecule is Cc1cccc(NC(=O)CN2C(=O)CC(c3ccco3)Sc3ccccc32)c1C. The van der Waals surface area contributed by atoms with Crippen LogP contribution in [0.15, 0.2) is 70.2 Å². The fourth-order valence-corrected chi connectivity index (χ4v) is 4.64. The number of fused-ring (bicyclic) bond motifs is 1. The summed E-state index contributed by atoms with van der Waals surface area (Å²) >= 11 is 1.59. The predicted octanol–water partition coefficient (Wildman–Crippen LogP) is 5.11. The summed E-state index contributed by atoms with van der Waals surface area (Å²) in [6.45, 7) is 3.95. The fraction of sp³-hybridized carbons (Fsp3) is 0.217. The minimum Gasteiger partial charge on any atom is -0.468 e. The molecule has 2 aromatic carbocycles. The lowest BCUT2D eigenvalue weighted by Crippen LogP contribution is -2.38. The number of hydrogen-bond donors (Lipinski definition) is 1. The zero-order chi connectivity index (χ0) is 20.4. The summed E-state index contributed by atoms with van der Waals surface area (Å²) in [7, 11) is 0. The maximum Gasteiger partial charge on any atom is 0.244 e. The minimum absolute atomic E-state index is 0.0331. The van der Waals surface area contributed by atoms with Crippen LogP contribution in [-0.2, 0) is 9.59 Å². The molecule has 1 atom stereocenters. The van der Waals surface area contributed by atoms with Gasteiger partial charge in [0.1, 0.15) is 12.3 Å².